The van der Waals surface area contributed by atoms with Crippen LogP contribution in [0.5, 0.6) is 0 Å². The van der Waals surface area contributed by atoms with Gasteiger partial charge in [0, 0.05) is 11.8 Å². The molecule has 0 aliphatic carbocycles. The van der Waals surface area contributed by atoms with E-state index in [-0.39, 0.29) is 5.91 Å². The maximum Gasteiger partial charge on any atom is 0.272 e. The van der Waals surface area contributed by atoms with Crippen molar-refractivity contribution in [2.45, 2.75) is 0 Å². The first-order chi connectivity index (χ1) is 6.38. The number of nitrogens with zero attached hydrogens (tertiary/aromatic N) is 1. The monoisotopic (exact) mass is 174 g/mol. The summed E-state index contributed by atoms with van der Waals surface area (Å²) in [5, 5.41) is 1.56. The number of carbonyl (C=O) groups excluding carboxylic acids is 1. The Balaban J connectivity index is 2.14. The van der Waals surface area contributed by atoms with Crippen LogP contribution in [0.4, 0.5) is 0 Å². The van der Waals surface area contributed by atoms with Crippen LogP contribution in [-0.2, 0) is 0 Å². The van der Waals surface area contributed by atoms with E-state index >= 15 is 0 Å². The molecule has 1 aromatic rings. The van der Waals surface area contributed by atoms with Crippen molar-refractivity contribution in [2.75, 3.05) is 6.54 Å². The number of carbonyl (C=O) groups is 1. The summed E-state index contributed by atoms with van der Waals surface area (Å²) in [4.78, 5) is 11.7. The van der Waals surface area contributed by atoms with Gasteiger partial charge in [0.15, 0.2) is 0 Å². The van der Waals surface area contributed by atoms with Gasteiger partial charge in [-0.2, -0.15) is 0 Å². The highest BCUT2D eigenvalue weighted by molar-refractivity contribution is 5.94. The zero-order valence-corrected chi connectivity index (χ0v) is 7.10. The van der Waals surface area contributed by atoms with Gasteiger partial charge in [-0.05, 0) is 18.2 Å². The molecule has 1 amide bonds. The number of hydrazine groups is 1. The van der Waals surface area contributed by atoms with Crippen molar-refractivity contribution in [1.29, 1.82) is 0 Å². The van der Waals surface area contributed by atoms with E-state index in [2.05, 4.69) is 5.43 Å². The first kappa shape index (κ1) is 7.86. The summed E-state index contributed by atoms with van der Waals surface area (Å²) >= 11 is 0. The molecule has 66 valence electrons. The quantitative estimate of drug-likeness (QED) is 0.693. The fraction of sp³-hybridized carbons (Fsp3) is 0.100. The number of amides is 1. The largest absolute Gasteiger partial charge is 0.303 e. The van der Waals surface area contributed by atoms with Crippen molar-refractivity contribution in [3.05, 3.63) is 48.2 Å². The zero-order valence-electron chi connectivity index (χ0n) is 7.10. The molecule has 0 aromatic heterocycles. The molecule has 3 heteroatoms. The second kappa shape index (κ2) is 3.31. The van der Waals surface area contributed by atoms with E-state index in [1.165, 1.54) is 0 Å². The van der Waals surface area contributed by atoms with Gasteiger partial charge < -0.3 is 5.43 Å². The number of rotatable bonds is 1. The Labute approximate surface area is 76.6 Å². The van der Waals surface area contributed by atoms with Crippen molar-refractivity contribution in [2.24, 2.45) is 0 Å². The molecule has 0 spiro atoms. The van der Waals surface area contributed by atoms with E-state index in [9.17, 15) is 4.79 Å². The van der Waals surface area contributed by atoms with Crippen molar-refractivity contribution in [1.82, 2.24) is 10.4 Å². The lowest BCUT2D eigenvalue weighted by Crippen LogP contribution is -2.36. The Morgan fingerprint density at radius 3 is 2.69 bits per heavy atom. The third-order valence-corrected chi connectivity index (χ3v) is 1.90. The minimum Gasteiger partial charge on any atom is -0.303 e. The van der Waals surface area contributed by atoms with Crippen molar-refractivity contribution in [3.8, 4) is 0 Å². The van der Waals surface area contributed by atoms with E-state index in [0.717, 1.165) is 0 Å². The molecule has 1 aliphatic heterocycles. The smallest absolute Gasteiger partial charge is 0.272 e. The SMILES string of the molecule is O=C(c1ccccc1)N1CC=CN1. The molecule has 0 atom stereocenters. The Kier molecular flexibility index (Phi) is 2.00. The summed E-state index contributed by atoms with van der Waals surface area (Å²) in [7, 11) is 0. The molecule has 3 nitrogen and oxygen atoms in total. The summed E-state index contributed by atoms with van der Waals surface area (Å²) in [5.41, 5.74) is 3.57. The van der Waals surface area contributed by atoms with Crippen LogP contribution in [0.2, 0.25) is 0 Å². The lowest BCUT2D eigenvalue weighted by molar-refractivity contribution is 0.0737. The van der Waals surface area contributed by atoms with E-state index < -0.39 is 0 Å². The lowest BCUT2D eigenvalue weighted by atomic mass is 10.2. The molecular weight excluding hydrogens is 164 g/mol. The van der Waals surface area contributed by atoms with Crippen LogP contribution < -0.4 is 5.43 Å². The summed E-state index contributed by atoms with van der Waals surface area (Å²) in [6.07, 6.45) is 3.67. The first-order valence-corrected chi connectivity index (χ1v) is 4.16. The van der Waals surface area contributed by atoms with Crippen LogP contribution in [-0.4, -0.2) is 17.5 Å². The average molecular weight is 174 g/mol. The van der Waals surface area contributed by atoms with E-state index in [1.54, 1.807) is 11.2 Å². The van der Waals surface area contributed by atoms with Gasteiger partial charge in [-0.25, -0.2) is 5.01 Å². The molecule has 1 N–H and O–H groups in total. The number of hydrogen-bond acceptors (Lipinski definition) is 2. The molecule has 1 aliphatic rings. The van der Waals surface area contributed by atoms with Gasteiger partial charge in [0.1, 0.15) is 0 Å². The molecule has 0 radical (unpaired) electrons. The fourth-order valence-corrected chi connectivity index (χ4v) is 1.23. The van der Waals surface area contributed by atoms with Gasteiger partial charge in [-0.15, -0.1) is 0 Å². The van der Waals surface area contributed by atoms with Gasteiger partial charge in [0.2, 0.25) is 0 Å². The topological polar surface area (TPSA) is 32.3 Å². The Morgan fingerprint density at radius 1 is 1.31 bits per heavy atom. The summed E-state index contributed by atoms with van der Waals surface area (Å²) in [6, 6.07) is 9.23. The average Bonchev–Trinajstić information content (AvgIpc) is 2.71. The normalized spacial score (nSPS) is 14.3. The van der Waals surface area contributed by atoms with Gasteiger partial charge in [0.05, 0.1) is 6.54 Å². The van der Waals surface area contributed by atoms with E-state index in [1.807, 2.05) is 36.4 Å². The van der Waals surface area contributed by atoms with Crippen molar-refractivity contribution >= 4 is 5.91 Å². The van der Waals surface area contributed by atoms with Crippen LogP contribution in [0, 0.1) is 0 Å². The molecular formula is C10H10N2O. The second-order valence-electron chi connectivity index (χ2n) is 2.81. The predicted octanol–water partition coefficient (Wildman–Crippen LogP) is 1.16. The molecule has 1 heterocycles. The Morgan fingerprint density at radius 2 is 2.08 bits per heavy atom. The molecule has 0 bridgehead atoms. The van der Waals surface area contributed by atoms with E-state index in [4.69, 9.17) is 0 Å². The van der Waals surface area contributed by atoms with Crippen molar-refractivity contribution in [3.63, 3.8) is 0 Å². The zero-order chi connectivity index (χ0) is 9.10. The standard InChI is InChI=1S/C10H10N2O/c13-10(12-8-4-7-11-12)9-5-2-1-3-6-9/h1-7,11H,8H2. The molecule has 0 unspecified atom stereocenters. The highest BCUT2D eigenvalue weighted by Gasteiger charge is 2.14. The minimum absolute atomic E-state index is 0.00519. The number of hydrogen-bond donors (Lipinski definition) is 1. The Hall–Kier alpha value is -1.77. The van der Waals surface area contributed by atoms with Crippen LogP contribution >= 0.6 is 0 Å². The third-order valence-electron chi connectivity index (χ3n) is 1.90. The molecule has 2 rings (SSSR count). The van der Waals surface area contributed by atoms with Crippen LogP contribution in [0.3, 0.4) is 0 Å². The van der Waals surface area contributed by atoms with E-state index in [0.29, 0.717) is 12.1 Å². The molecule has 1 aromatic carbocycles. The Bertz CT molecular complexity index is 324. The summed E-state index contributed by atoms with van der Waals surface area (Å²) in [5.74, 6) is 0.00519. The maximum absolute atomic E-state index is 11.7. The van der Waals surface area contributed by atoms with Crippen LogP contribution in [0.1, 0.15) is 10.4 Å². The van der Waals surface area contributed by atoms with Crippen LogP contribution in [0.25, 0.3) is 0 Å². The lowest BCUT2D eigenvalue weighted by Gasteiger charge is -2.15. The minimum atomic E-state index is 0.00519. The molecule has 0 fully saturated rings. The highest BCUT2D eigenvalue weighted by atomic mass is 16.2. The van der Waals surface area contributed by atoms with Gasteiger partial charge in [0.25, 0.3) is 5.91 Å². The summed E-state index contributed by atoms with van der Waals surface area (Å²) in [6.45, 7) is 0.633. The van der Waals surface area contributed by atoms with Gasteiger partial charge in [-0.3, -0.25) is 4.79 Å². The number of benzene rings is 1. The van der Waals surface area contributed by atoms with Crippen molar-refractivity contribution < 1.29 is 4.79 Å². The van der Waals surface area contributed by atoms with Gasteiger partial charge in [-0.1, -0.05) is 18.2 Å². The molecule has 13 heavy (non-hydrogen) atoms. The predicted molar refractivity (Wildman–Crippen MR) is 49.8 cm³/mol. The maximum atomic E-state index is 11.7. The molecule has 0 saturated heterocycles. The van der Waals surface area contributed by atoms with Crippen LogP contribution in [0.15, 0.2) is 42.6 Å². The third kappa shape index (κ3) is 1.54. The number of nitrogens with one attached hydrogen (secondary N) is 1. The fourth-order valence-electron chi connectivity index (χ4n) is 1.23. The second-order valence-corrected chi connectivity index (χ2v) is 2.81. The van der Waals surface area contributed by atoms with Gasteiger partial charge >= 0.3 is 0 Å². The summed E-state index contributed by atoms with van der Waals surface area (Å²) < 4.78 is 0. The first-order valence-electron chi connectivity index (χ1n) is 4.16. The molecule has 0 saturated carbocycles. The highest BCUT2D eigenvalue weighted by Crippen LogP contribution is 2.04.